The number of benzene rings is 1. The molecule has 1 N–H and O–H groups in total. The van der Waals surface area contributed by atoms with Crippen molar-refractivity contribution in [1.82, 2.24) is 9.78 Å². The van der Waals surface area contributed by atoms with E-state index in [9.17, 15) is 4.79 Å². The highest BCUT2D eigenvalue weighted by Gasteiger charge is 2.11. The monoisotopic (exact) mass is 375 g/mol. The fourth-order valence-electron chi connectivity index (χ4n) is 1.68. The van der Waals surface area contributed by atoms with E-state index in [2.05, 4.69) is 26.3 Å². The summed E-state index contributed by atoms with van der Waals surface area (Å²) in [6, 6.07) is 5.08. The smallest absolute Gasteiger partial charge is 0.226 e. The molecule has 1 aromatic heterocycles. The highest BCUT2D eigenvalue weighted by Crippen LogP contribution is 2.29. The second-order valence-corrected chi connectivity index (χ2v) is 5.86. The molecule has 20 heavy (non-hydrogen) atoms. The zero-order chi connectivity index (χ0) is 14.7. The number of nitrogens with one attached hydrogen (secondary N) is 1. The van der Waals surface area contributed by atoms with Crippen LogP contribution in [-0.4, -0.2) is 15.7 Å². The normalized spacial score (nSPS) is 10.6. The minimum atomic E-state index is -0.161. The third kappa shape index (κ3) is 3.53. The third-order valence-corrected chi connectivity index (χ3v) is 4.23. The Labute approximate surface area is 135 Å². The van der Waals surface area contributed by atoms with Gasteiger partial charge in [0.05, 0.1) is 32.9 Å². The van der Waals surface area contributed by atoms with Crippen LogP contribution in [0.3, 0.4) is 0 Å². The first-order valence-electron chi connectivity index (χ1n) is 5.91. The second kappa shape index (κ2) is 6.61. The van der Waals surface area contributed by atoms with Crippen molar-refractivity contribution >= 4 is 50.7 Å². The van der Waals surface area contributed by atoms with Gasteiger partial charge in [0.15, 0.2) is 0 Å². The number of aromatic nitrogens is 2. The van der Waals surface area contributed by atoms with Crippen LogP contribution in [0.2, 0.25) is 10.0 Å². The number of halogens is 3. The number of amides is 1. The maximum absolute atomic E-state index is 11.9. The van der Waals surface area contributed by atoms with Gasteiger partial charge in [0.25, 0.3) is 0 Å². The van der Waals surface area contributed by atoms with Crippen LogP contribution in [0.4, 0.5) is 5.69 Å². The Balaban J connectivity index is 1.98. The number of carbonyl (C=O) groups is 1. The second-order valence-electron chi connectivity index (χ2n) is 4.20. The zero-order valence-electron chi connectivity index (χ0n) is 10.7. The first-order valence-corrected chi connectivity index (χ1v) is 7.45. The van der Waals surface area contributed by atoms with E-state index in [0.29, 0.717) is 22.3 Å². The molecule has 0 radical (unpaired) electrons. The van der Waals surface area contributed by atoms with E-state index in [-0.39, 0.29) is 12.3 Å². The van der Waals surface area contributed by atoms with Crippen LogP contribution >= 0.6 is 39.1 Å². The van der Waals surface area contributed by atoms with Crippen molar-refractivity contribution in [1.29, 1.82) is 0 Å². The number of para-hydroxylation sites is 1. The molecular weight excluding hydrogens is 365 g/mol. The molecule has 0 fully saturated rings. The summed E-state index contributed by atoms with van der Waals surface area (Å²) in [6.07, 6.45) is 1.99. The lowest BCUT2D eigenvalue weighted by Gasteiger charge is -2.09. The maximum atomic E-state index is 11.9. The zero-order valence-corrected chi connectivity index (χ0v) is 13.8. The number of aryl methyl sites for hydroxylation is 1. The Bertz CT molecular complexity index is 622. The lowest BCUT2D eigenvalue weighted by molar-refractivity contribution is -0.116. The Morgan fingerprint density at radius 1 is 1.40 bits per heavy atom. The lowest BCUT2D eigenvalue weighted by Crippen LogP contribution is -2.16. The Morgan fingerprint density at radius 3 is 2.60 bits per heavy atom. The number of hydrogen-bond acceptors (Lipinski definition) is 2. The number of rotatable bonds is 4. The van der Waals surface area contributed by atoms with Crippen LogP contribution < -0.4 is 5.32 Å². The maximum Gasteiger partial charge on any atom is 0.226 e. The molecule has 1 aromatic carbocycles. The van der Waals surface area contributed by atoms with Gasteiger partial charge < -0.3 is 5.32 Å². The molecule has 0 aliphatic carbocycles. The molecular formula is C13H12BrCl2N3O. The van der Waals surface area contributed by atoms with Gasteiger partial charge in [-0.25, -0.2) is 0 Å². The highest BCUT2D eigenvalue weighted by atomic mass is 79.9. The Morgan fingerprint density at radius 2 is 2.05 bits per heavy atom. The van der Waals surface area contributed by atoms with Crippen LogP contribution in [-0.2, 0) is 11.3 Å². The summed E-state index contributed by atoms with van der Waals surface area (Å²) in [6.45, 7) is 2.42. The van der Waals surface area contributed by atoms with Gasteiger partial charge in [-0.2, -0.15) is 5.10 Å². The van der Waals surface area contributed by atoms with Gasteiger partial charge in [0, 0.05) is 12.1 Å². The van der Waals surface area contributed by atoms with E-state index in [4.69, 9.17) is 23.2 Å². The molecule has 0 spiro atoms. The summed E-state index contributed by atoms with van der Waals surface area (Å²) in [5.41, 5.74) is 1.42. The first kappa shape index (κ1) is 15.4. The molecule has 1 amide bonds. The molecule has 7 heteroatoms. The van der Waals surface area contributed by atoms with Crippen LogP contribution in [0.1, 0.15) is 12.1 Å². The lowest BCUT2D eigenvalue weighted by atomic mass is 10.3. The predicted molar refractivity (Wildman–Crippen MR) is 84.4 cm³/mol. The average Bonchev–Trinajstić information content (AvgIpc) is 2.72. The molecule has 1 heterocycles. The van der Waals surface area contributed by atoms with Gasteiger partial charge in [0.1, 0.15) is 0 Å². The van der Waals surface area contributed by atoms with Gasteiger partial charge in [-0.3, -0.25) is 9.48 Å². The van der Waals surface area contributed by atoms with E-state index < -0.39 is 0 Å². The number of carbonyl (C=O) groups excluding carboxylic acids is 1. The van der Waals surface area contributed by atoms with Crippen molar-refractivity contribution in [3.8, 4) is 0 Å². The molecule has 0 unspecified atom stereocenters. The van der Waals surface area contributed by atoms with E-state index in [1.807, 2.05) is 6.92 Å². The molecule has 106 valence electrons. The van der Waals surface area contributed by atoms with Crippen molar-refractivity contribution in [2.75, 3.05) is 5.32 Å². The predicted octanol–water partition coefficient (Wildman–Crippen LogP) is 4.29. The Kier molecular flexibility index (Phi) is 5.07. The standard InChI is InChI=1S/C13H12BrCl2N3O/c1-8-9(14)7-17-19(8)6-5-12(20)18-13-10(15)3-2-4-11(13)16/h2-4,7H,5-6H2,1H3,(H,18,20). The molecule has 0 aliphatic heterocycles. The molecule has 0 saturated carbocycles. The summed E-state index contributed by atoms with van der Waals surface area (Å²) >= 11 is 15.4. The minimum absolute atomic E-state index is 0.161. The van der Waals surface area contributed by atoms with Gasteiger partial charge in [-0.15, -0.1) is 0 Å². The summed E-state index contributed by atoms with van der Waals surface area (Å²) in [7, 11) is 0. The summed E-state index contributed by atoms with van der Waals surface area (Å²) in [5.74, 6) is -0.161. The molecule has 0 saturated heterocycles. The average molecular weight is 377 g/mol. The van der Waals surface area contributed by atoms with Crippen LogP contribution in [0.15, 0.2) is 28.9 Å². The summed E-state index contributed by atoms with van der Waals surface area (Å²) in [4.78, 5) is 11.9. The van der Waals surface area contributed by atoms with Crippen molar-refractivity contribution in [3.63, 3.8) is 0 Å². The topological polar surface area (TPSA) is 46.9 Å². The third-order valence-electron chi connectivity index (χ3n) is 2.82. The van der Waals surface area contributed by atoms with E-state index >= 15 is 0 Å². The number of anilines is 1. The first-order chi connectivity index (χ1) is 9.49. The molecule has 2 aromatic rings. The van der Waals surface area contributed by atoms with Gasteiger partial charge in [-0.05, 0) is 35.0 Å². The van der Waals surface area contributed by atoms with Gasteiger partial charge >= 0.3 is 0 Å². The van der Waals surface area contributed by atoms with Crippen LogP contribution in [0, 0.1) is 6.92 Å². The van der Waals surface area contributed by atoms with E-state index in [0.717, 1.165) is 10.2 Å². The summed E-state index contributed by atoms with van der Waals surface area (Å²) in [5, 5.41) is 7.73. The fourth-order valence-corrected chi connectivity index (χ4v) is 2.46. The highest BCUT2D eigenvalue weighted by molar-refractivity contribution is 9.10. The molecule has 0 bridgehead atoms. The van der Waals surface area contributed by atoms with Gasteiger partial charge in [0.2, 0.25) is 5.91 Å². The van der Waals surface area contributed by atoms with Crippen molar-refractivity contribution in [2.24, 2.45) is 0 Å². The van der Waals surface area contributed by atoms with Crippen molar-refractivity contribution in [3.05, 3.63) is 44.6 Å². The largest absolute Gasteiger partial charge is 0.323 e. The molecule has 0 atom stereocenters. The molecule has 4 nitrogen and oxygen atoms in total. The van der Waals surface area contributed by atoms with Crippen molar-refractivity contribution < 1.29 is 4.79 Å². The van der Waals surface area contributed by atoms with E-state index in [1.165, 1.54) is 0 Å². The van der Waals surface area contributed by atoms with Crippen molar-refractivity contribution in [2.45, 2.75) is 19.9 Å². The number of nitrogens with zero attached hydrogens (tertiary/aromatic N) is 2. The fraction of sp³-hybridized carbons (Fsp3) is 0.231. The quantitative estimate of drug-likeness (QED) is 0.865. The van der Waals surface area contributed by atoms with Crippen LogP contribution in [0.25, 0.3) is 0 Å². The number of hydrogen-bond donors (Lipinski definition) is 1. The molecule has 2 rings (SSSR count). The SMILES string of the molecule is Cc1c(Br)cnn1CCC(=O)Nc1c(Cl)cccc1Cl. The van der Waals surface area contributed by atoms with E-state index in [1.54, 1.807) is 29.1 Å². The summed E-state index contributed by atoms with van der Waals surface area (Å²) < 4.78 is 2.68. The van der Waals surface area contributed by atoms with Gasteiger partial charge in [-0.1, -0.05) is 29.3 Å². The minimum Gasteiger partial charge on any atom is -0.323 e. The molecule has 0 aliphatic rings. The van der Waals surface area contributed by atoms with Crippen LogP contribution in [0.5, 0.6) is 0 Å². The Hall–Kier alpha value is -1.04.